The van der Waals surface area contributed by atoms with E-state index in [1.165, 1.54) is 0 Å². The molecule has 0 bridgehead atoms. The van der Waals surface area contributed by atoms with Crippen LogP contribution in [0.4, 0.5) is 5.69 Å². The SMILES string of the molecule is CC(=O)N1CCN(c2cncc(C(=O)NCCc3cccc(Cl)c3)c2)CC1. The fraction of sp³-hybridized carbons (Fsp3) is 0.350. The lowest BCUT2D eigenvalue weighted by molar-refractivity contribution is -0.129. The average molecular weight is 387 g/mol. The van der Waals surface area contributed by atoms with Gasteiger partial charge in [0.15, 0.2) is 0 Å². The molecule has 1 aliphatic heterocycles. The number of pyridine rings is 1. The maximum absolute atomic E-state index is 12.4. The van der Waals surface area contributed by atoms with Gasteiger partial charge in [-0.1, -0.05) is 23.7 Å². The number of piperazine rings is 1. The lowest BCUT2D eigenvalue weighted by Gasteiger charge is -2.35. The number of carbonyl (C=O) groups excluding carboxylic acids is 2. The first-order chi connectivity index (χ1) is 13.0. The van der Waals surface area contributed by atoms with Gasteiger partial charge in [-0.05, 0) is 30.2 Å². The summed E-state index contributed by atoms with van der Waals surface area (Å²) in [5.74, 6) is -0.0469. The molecule has 1 N–H and O–H groups in total. The molecular formula is C20H23ClN4O2. The fourth-order valence-corrected chi connectivity index (χ4v) is 3.33. The summed E-state index contributed by atoms with van der Waals surface area (Å²) in [7, 11) is 0. The van der Waals surface area contributed by atoms with Crippen LogP contribution in [0.5, 0.6) is 0 Å². The zero-order chi connectivity index (χ0) is 19.2. The molecule has 0 aliphatic carbocycles. The molecule has 2 heterocycles. The second kappa shape index (κ2) is 8.86. The Labute approximate surface area is 164 Å². The van der Waals surface area contributed by atoms with Crippen LogP contribution in [0.3, 0.4) is 0 Å². The minimum atomic E-state index is -0.145. The van der Waals surface area contributed by atoms with Crippen LogP contribution in [0.25, 0.3) is 0 Å². The van der Waals surface area contributed by atoms with E-state index in [4.69, 9.17) is 11.6 Å². The normalized spacial score (nSPS) is 14.1. The molecule has 0 unspecified atom stereocenters. The van der Waals surface area contributed by atoms with Gasteiger partial charge in [-0.25, -0.2) is 0 Å². The van der Waals surface area contributed by atoms with Crippen molar-refractivity contribution in [2.24, 2.45) is 0 Å². The van der Waals surface area contributed by atoms with E-state index in [0.717, 1.165) is 24.3 Å². The lowest BCUT2D eigenvalue weighted by atomic mass is 10.1. The summed E-state index contributed by atoms with van der Waals surface area (Å²) in [6.07, 6.45) is 4.04. The van der Waals surface area contributed by atoms with E-state index in [0.29, 0.717) is 36.6 Å². The summed E-state index contributed by atoms with van der Waals surface area (Å²) in [6.45, 7) is 4.96. The molecule has 0 saturated carbocycles. The molecule has 0 radical (unpaired) electrons. The largest absolute Gasteiger partial charge is 0.367 e. The van der Waals surface area contributed by atoms with Gasteiger partial charge in [0.05, 0.1) is 17.4 Å². The average Bonchev–Trinajstić information content (AvgIpc) is 2.68. The van der Waals surface area contributed by atoms with Gasteiger partial charge in [-0.2, -0.15) is 0 Å². The van der Waals surface area contributed by atoms with Crippen LogP contribution in [-0.2, 0) is 11.2 Å². The number of rotatable bonds is 5. The smallest absolute Gasteiger partial charge is 0.252 e. The van der Waals surface area contributed by atoms with Crippen molar-refractivity contribution < 1.29 is 9.59 Å². The fourth-order valence-electron chi connectivity index (χ4n) is 3.12. The van der Waals surface area contributed by atoms with Crippen molar-refractivity contribution in [1.82, 2.24) is 15.2 Å². The van der Waals surface area contributed by atoms with E-state index in [1.807, 2.05) is 35.2 Å². The highest BCUT2D eigenvalue weighted by Gasteiger charge is 2.19. The second-order valence-corrected chi connectivity index (χ2v) is 7.00. The first-order valence-electron chi connectivity index (χ1n) is 9.01. The van der Waals surface area contributed by atoms with Gasteiger partial charge in [0.2, 0.25) is 5.91 Å². The summed E-state index contributed by atoms with van der Waals surface area (Å²) in [5.41, 5.74) is 2.52. The van der Waals surface area contributed by atoms with E-state index < -0.39 is 0 Å². The lowest BCUT2D eigenvalue weighted by Crippen LogP contribution is -2.48. The maximum atomic E-state index is 12.4. The molecule has 1 aromatic carbocycles. The van der Waals surface area contributed by atoms with Crippen LogP contribution in [0.2, 0.25) is 5.02 Å². The second-order valence-electron chi connectivity index (χ2n) is 6.56. The van der Waals surface area contributed by atoms with Gasteiger partial charge < -0.3 is 15.1 Å². The van der Waals surface area contributed by atoms with Gasteiger partial charge in [0.1, 0.15) is 0 Å². The highest BCUT2D eigenvalue weighted by atomic mass is 35.5. The van der Waals surface area contributed by atoms with Crippen LogP contribution in [0, 0.1) is 0 Å². The van der Waals surface area contributed by atoms with E-state index >= 15 is 0 Å². The summed E-state index contributed by atoms with van der Waals surface area (Å²) in [5, 5.41) is 3.62. The molecule has 142 valence electrons. The van der Waals surface area contributed by atoms with Crippen LogP contribution in [0.1, 0.15) is 22.8 Å². The minimum Gasteiger partial charge on any atom is -0.367 e. The Morgan fingerprint density at radius 1 is 1.15 bits per heavy atom. The monoisotopic (exact) mass is 386 g/mol. The van der Waals surface area contributed by atoms with Crippen molar-refractivity contribution in [2.45, 2.75) is 13.3 Å². The molecule has 27 heavy (non-hydrogen) atoms. The van der Waals surface area contributed by atoms with Crippen molar-refractivity contribution in [2.75, 3.05) is 37.6 Å². The Kier molecular flexibility index (Phi) is 6.29. The first-order valence-corrected chi connectivity index (χ1v) is 9.39. The molecule has 2 amide bonds. The molecule has 1 aromatic heterocycles. The molecule has 7 heteroatoms. The van der Waals surface area contributed by atoms with Gasteiger partial charge in [-0.3, -0.25) is 14.6 Å². The van der Waals surface area contributed by atoms with Crippen molar-refractivity contribution in [3.05, 3.63) is 58.9 Å². The van der Waals surface area contributed by atoms with Gasteiger partial charge in [0, 0.05) is 50.9 Å². The zero-order valence-corrected chi connectivity index (χ0v) is 16.1. The molecule has 6 nitrogen and oxygen atoms in total. The van der Waals surface area contributed by atoms with Crippen LogP contribution in [0.15, 0.2) is 42.7 Å². The number of halogens is 1. The van der Waals surface area contributed by atoms with Crippen molar-refractivity contribution in [1.29, 1.82) is 0 Å². The molecule has 2 aromatic rings. The predicted octanol–water partition coefficient (Wildman–Crippen LogP) is 2.38. The Hall–Kier alpha value is -2.60. The summed E-state index contributed by atoms with van der Waals surface area (Å²) >= 11 is 5.98. The van der Waals surface area contributed by atoms with Crippen LogP contribution < -0.4 is 10.2 Å². The molecule has 0 atom stereocenters. The number of anilines is 1. The number of carbonyl (C=O) groups is 2. The number of nitrogens with zero attached hydrogens (tertiary/aromatic N) is 3. The van der Waals surface area contributed by atoms with Crippen molar-refractivity contribution >= 4 is 29.1 Å². The third-order valence-corrected chi connectivity index (χ3v) is 4.90. The standard InChI is InChI=1S/C20H23ClN4O2/c1-15(26)24-7-9-25(10-8-24)19-12-17(13-22-14-19)20(27)23-6-5-16-3-2-4-18(21)11-16/h2-4,11-14H,5-10H2,1H3,(H,23,27). The van der Waals surface area contributed by atoms with E-state index in [1.54, 1.807) is 19.3 Å². The maximum Gasteiger partial charge on any atom is 0.252 e. The van der Waals surface area contributed by atoms with E-state index in [9.17, 15) is 9.59 Å². The van der Waals surface area contributed by atoms with E-state index in [2.05, 4.69) is 15.2 Å². The van der Waals surface area contributed by atoms with Crippen molar-refractivity contribution in [3.8, 4) is 0 Å². The summed E-state index contributed by atoms with van der Waals surface area (Å²) < 4.78 is 0. The predicted molar refractivity (Wildman–Crippen MR) is 106 cm³/mol. The van der Waals surface area contributed by atoms with E-state index in [-0.39, 0.29) is 11.8 Å². The number of hydrogen-bond donors (Lipinski definition) is 1. The topological polar surface area (TPSA) is 65.5 Å². The van der Waals surface area contributed by atoms with Crippen molar-refractivity contribution in [3.63, 3.8) is 0 Å². The van der Waals surface area contributed by atoms with Gasteiger partial charge >= 0.3 is 0 Å². The number of hydrogen-bond acceptors (Lipinski definition) is 4. The Morgan fingerprint density at radius 3 is 2.63 bits per heavy atom. The van der Waals surface area contributed by atoms with Gasteiger partial charge in [0.25, 0.3) is 5.91 Å². The molecule has 3 rings (SSSR count). The highest BCUT2D eigenvalue weighted by molar-refractivity contribution is 6.30. The number of nitrogens with one attached hydrogen (secondary N) is 1. The molecule has 1 aliphatic rings. The minimum absolute atomic E-state index is 0.0978. The molecule has 1 saturated heterocycles. The number of aromatic nitrogens is 1. The quantitative estimate of drug-likeness (QED) is 0.856. The zero-order valence-electron chi connectivity index (χ0n) is 15.3. The summed E-state index contributed by atoms with van der Waals surface area (Å²) in [4.78, 5) is 32.1. The molecule has 0 spiro atoms. The Morgan fingerprint density at radius 2 is 1.93 bits per heavy atom. The summed E-state index contributed by atoms with van der Waals surface area (Å²) in [6, 6.07) is 9.47. The first kappa shape index (κ1) is 19.2. The Balaban J connectivity index is 1.55. The van der Waals surface area contributed by atoms with Crippen LogP contribution >= 0.6 is 11.6 Å². The van der Waals surface area contributed by atoms with Gasteiger partial charge in [-0.15, -0.1) is 0 Å². The molecule has 1 fully saturated rings. The highest BCUT2D eigenvalue weighted by Crippen LogP contribution is 2.17. The third-order valence-electron chi connectivity index (χ3n) is 4.66. The number of benzene rings is 1. The number of amides is 2. The molecular weight excluding hydrogens is 364 g/mol. The Bertz CT molecular complexity index is 819. The third kappa shape index (κ3) is 5.20. The van der Waals surface area contributed by atoms with Crippen LogP contribution in [-0.4, -0.2) is 54.4 Å².